The van der Waals surface area contributed by atoms with Crippen LogP contribution in [0.25, 0.3) is 22.3 Å². The van der Waals surface area contributed by atoms with Crippen LogP contribution in [-0.2, 0) is 6.54 Å². The van der Waals surface area contributed by atoms with Crippen LogP contribution in [0.4, 0.5) is 5.69 Å². The molecule has 0 saturated heterocycles. The molecule has 2 amide bonds. The molecule has 3 N–H and O–H groups in total. The number of nitrogens with one attached hydrogen (secondary N) is 3. The number of anilines is 1. The number of imidazole rings is 2. The number of hydrogen-bond acceptors (Lipinski definition) is 4. The number of carbonyl (C=O) groups excluding carboxylic acids is 2. The Labute approximate surface area is 179 Å². The monoisotopic (exact) mass is 416 g/mol. The molecule has 2 aromatic carbocycles. The molecule has 0 fully saturated rings. The highest BCUT2D eigenvalue weighted by Gasteiger charge is 2.21. The fourth-order valence-electron chi connectivity index (χ4n) is 3.56. The third kappa shape index (κ3) is 4.05. The highest BCUT2D eigenvalue weighted by atomic mass is 16.2. The lowest BCUT2D eigenvalue weighted by molar-refractivity contribution is 0.0945. The highest BCUT2D eigenvalue weighted by molar-refractivity contribution is 6.06. The molecular weight excluding hydrogens is 392 g/mol. The zero-order valence-corrected chi connectivity index (χ0v) is 17.5. The van der Waals surface area contributed by atoms with Gasteiger partial charge in [0.05, 0.1) is 29.3 Å². The number of amides is 2. The van der Waals surface area contributed by atoms with E-state index in [0.29, 0.717) is 35.7 Å². The van der Waals surface area contributed by atoms with E-state index in [9.17, 15) is 9.59 Å². The predicted octanol–water partition coefficient (Wildman–Crippen LogP) is 3.84. The first-order valence-corrected chi connectivity index (χ1v) is 10.4. The molecule has 8 nitrogen and oxygen atoms in total. The fraction of sp³-hybridized carbons (Fsp3) is 0.217. The van der Waals surface area contributed by atoms with E-state index in [1.807, 2.05) is 42.7 Å². The number of aromatic nitrogens is 4. The van der Waals surface area contributed by atoms with Gasteiger partial charge in [-0.1, -0.05) is 26.0 Å². The van der Waals surface area contributed by atoms with Gasteiger partial charge in [-0.25, -0.2) is 9.97 Å². The minimum absolute atomic E-state index is 0.180. The fourth-order valence-corrected chi connectivity index (χ4v) is 3.56. The lowest BCUT2D eigenvalue weighted by Gasteiger charge is -2.08. The molecule has 0 bridgehead atoms. The molecule has 0 radical (unpaired) electrons. The number of carbonyl (C=O) groups is 2. The van der Waals surface area contributed by atoms with Crippen LogP contribution < -0.4 is 10.6 Å². The van der Waals surface area contributed by atoms with Crippen LogP contribution in [0, 0.1) is 0 Å². The lowest BCUT2D eigenvalue weighted by Crippen LogP contribution is -2.23. The first kappa shape index (κ1) is 20.3. The minimum atomic E-state index is -0.220. The van der Waals surface area contributed by atoms with Gasteiger partial charge in [-0.3, -0.25) is 9.59 Å². The van der Waals surface area contributed by atoms with Gasteiger partial charge in [0.1, 0.15) is 0 Å². The molecule has 5 rings (SSSR count). The van der Waals surface area contributed by atoms with Crippen molar-refractivity contribution in [2.45, 2.75) is 26.8 Å². The van der Waals surface area contributed by atoms with Gasteiger partial charge in [-0.15, -0.1) is 0 Å². The van der Waals surface area contributed by atoms with E-state index < -0.39 is 0 Å². The zero-order valence-electron chi connectivity index (χ0n) is 17.5. The smallest absolute Gasteiger partial charge is 0.287 e. The molecule has 0 spiro atoms. The molecule has 31 heavy (non-hydrogen) atoms. The summed E-state index contributed by atoms with van der Waals surface area (Å²) in [7, 11) is 0. The first-order valence-electron chi connectivity index (χ1n) is 10.4. The van der Waals surface area contributed by atoms with E-state index in [0.717, 1.165) is 23.2 Å². The Kier molecular flexibility index (Phi) is 5.79. The lowest BCUT2D eigenvalue weighted by atomic mass is 10.1. The Morgan fingerprint density at radius 3 is 2.84 bits per heavy atom. The average Bonchev–Trinajstić information content (AvgIpc) is 3.42. The van der Waals surface area contributed by atoms with E-state index >= 15 is 0 Å². The molecule has 2 aromatic heterocycles. The topological polar surface area (TPSA) is 105 Å². The van der Waals surface area contributed by atoms with Crippen molar-refractivity contribution in [2.75, 3.05) is 11.9 Å². The SMILES string of the molecule is CC.O=C(Nc1cccc(-c2cnc[nH]2)c1)c1ccc2nc3n(c2c1)CCCNC3=O. The van der Waals surface area contributed by atoms with Crippen LogP contribution in [0.15, 0.2) is 55.0 Å². The summed E-state index contributed by atoms with van der Waals surface area (Å²) in [4.78, 5) is 36.5. The second-order valence-electron chi connectivity index (χ2n) is 6.90. The summed E-state index contributed by atoms with van der Waals surface area (Å²) >= 11 is 0. The van der Waals surface area contributed by atoms with Gasteiger partial charge in [0, 0.05) is 29.9 Å². The molecule has 1 aliphatic rings. The number of benzene rings is 2. The number of fused-ring (bicyclic) bond motifs is 3. The van der Waals surface area contributed by atoms with Crippen LogP contribution in [-0.4, -0.2) is 37.9 Å². The largest absolute Gasteiger partial charge is 0.349 e. The Bertz CT molecular complexity index is 1230. The van der Waals surface area contributed by atoms with Gasteiger partial charge in [0.2, 0.25) is 0 Å². The van der Waals surface area contributed by atoms with Crippen LogP contribution in [0.3, 0.4) is 0 Å². The Balaban J connectivity index is 0.00000112. The van der Waals surface area contributed by atoms with Gasteiger partial charge in [-0.05, 0) is 36.8 Å². The van der Waals surface area contributed by atoms with Gasteiger partial charge in [0.15, 0.2) is 5.82 Å². The van der Waals surface area contributed by atoms with Crippen molar-refractivity contribution in [3.63, 3.8) is 0 Å². The van der Waals surface area contributed by atoms with Crippen molar-refractivity contribution in [3.8, 4) is 11.3 Å². The Hall–Kier alpha value is -3.94. The zero-order chi connectivity index (χ0) is 21.8. The summed E-state index contributed by atoms with van der Waals surface area (Å²) in [6, 6.07) is 12.8. The third-order valence-electron chi connectivity index (χ3n) is 4.99. The second kappa shape index (κ2) is 8.83. The van der Waals surface area contributed by atoms with Crippen molar-refractivity contribution in [1.29, 1.82) is 0 Å². The van der Waals surface area contributed by atoms with Crippen molar-refractivity contribution in [3.05, 3.63) is 66.4 Å². The number of rotatable bonds is 3. The number of hydrogen-bond donors (Lipinski definition) is 3. The molecule has 4 aromatic rings. The normalized spacial score (nSPS) is 12.9. The first-order chi connectivity index (χ1) is 15.2. The Morgan fingerprint density at radius 1 is 1.16 bits per heavy atom. The second-order valence-corrected chi connectivity index (χ2v) is 6.90. The van der Waals surface area contributed by atoms with Crippen molar-refractivity contribution in [2.24, 2.45) is 0 Å². The summed E-state index contributed by atoms with van der Waals surface area (Å²) < 4.78 is 1.88. The quantitative estimate of drug-likeness (QED) is 0.472. The number of aryl methyl sites for hydroxylation is 1. The number of H-pyrrole nitrogens is 1. The van der Waals surface area contributed by atoms with Gasteiger partial charge in [0.25, 0.3) is 11.8 Å². The van der Waals surface area contributed by atoms with Crippen LogP contribution in [0.1, 0.15) is 41.2 Å². The van der Waals surface area contributed by atoms with E-state index in [2.05, 4.69) is 25.6 Å². The van der Waals surface area contributed by atoms with E-state index in [4.69, 9.17) is 0 Å². The molecule has 0 aliphatic carbocycles. The summed E-state index contributed by atoms with van der Waals surface area (Å²) in [6.45, 7) is 5.30. The number of aromatic amines is 1. The molecule has 3 heterocycles. The maximum Gasteiger partial charge on any atom is 0.287 e. The van der Waals surface area contributed by atoms with Crippen molar-refractivity contribution in [1.82, 2.24) is 24.8 Å². The van der Waals surface area contributed by atoms with E-state index in [-0.39, 0.29) is 11.8 Å². The van der Waals surface area contributed by atoms with E-state index in [1.165, 1.54) is 0 Å². The number of nitrogens with zero attached hydrogens (tertiary/aromatic N) is 3. The molecule has 1 aliphatic heterocycles. The molecular formula is C23H24N6O2. The molecule has 0 saturated carbocycles. The minimum Gasteiger partial charge on any atom is -0.349 e. The van der Waals surface area contributed by atoms with Crippen LogP contribution in [0.5, 0.6) is 0 Å². The van der Waals surface area contributed by atoms with Crippen molar-refractivity contribution < 1.29 is 9.59 Å². The summed E-state index contributed by atoms with van der Waals surface area (Å²) in [5.74, 6) is -0.00933. The van der Waals surface area contributed by atoms with E-state index in [1.54, 1.807) is 30.7 Å². The average molecular weight is 416 g/mol. The molecule has 0 unspecified atom stereocenters. The standard InChI is InChI=1S/C21H18N6O2.C2H6/c28-20(25-15-4-1-3-13(9-15)17-11-22-12-24-17)14-5-6-16-18(10-14)27-8-2-7-23-21(29)19(27)26-16;1-2/h1,3-6,9-12H,2,7-8H2,(H,22,24)(H,23,29)(H,25,28);1-2H3. The van der Waals surface area contributed by atoms with Crippen molar-refractivity contribution >= 4 is 28.5 Å². The third-order valence-corrected chi connectivity index (χ3v) is 4.99. The van der Waals surface area contributed by atoms with Gasteiger partial charge < -0.3 is 20.2 Å². The highest BCUT2D eigenvalue weighted by Crippen LogP contribution is 2.23. The maximum absolute atomic E-state index is 12.8. The molecule has 0 atom stereocenters. The van der Waals surface area contributed by atoms with Crippen LogP contribution >= 0.6 is 0 Å². The summed E-state index contributed by atoms with van der Waals surface area (Å²) in [5, 5.41) is 5.78. The summed E-state index contributed by atoms with van der Waals surface area (Å²) in [5.41, 5.74) is 4.50. The van der Waals surface area contributed by atoms with Gasteiger partial charge in [-0.2, -0.15) is 0 Å². The Morgan fingerprint density at radius 2 is 2.03 bits per heavy atom. The molecule has 158 valence electrons. The van der Waals surface area contributed by atoms with Crippen LogP contribution in [0.2, 0.25) is 0 Å². The summed E-state index contributed by atoms with van der Waals surface area (Å²) in [6.07, 6.45) is 4.17. The van der Waals surface area contributed by atoms with Gasteiger partial charge >= 0.3 is 0 Å². The maximum atomic E-state index is 12.8. The molecule has 8 heteroatoms. The predicted molar refractivity (Wildman–Crippen MR) is 120 cm³/mol.